The molecule has 0 spiro atoms. The largest absolute Gasteiger partial charge is 0.338 e. The minimum atomic E-state index is -0.182. The number of halogens is 1. The average molecular weight is 389 g/mol. The zero-order valence-electron chi connectivity index (χ0n) is 16.5. The molecule has 2 aliphatic heterocycles. The van der Waals surface area contributed by atoms with Crippen LogP contribution in [0.2, 0.25) is 0 Å². The molecule has 1 aromatic carbocycles. The first-order valence-electron chi connectivity index (χ1n) is 9.50. The van der Waals surface area contributed by atoms with Crippen LogP contribution in [0.4, 0.5) is 0 Å². The topological polar surface area (TPSA) is 50.2 Å². The van der Waals surface area contributed by atoms with Crippen LogP contribution in [0.15, 0.2) is 30.5 Å². The summed E-state index contributed by atoms with van der Waals surface area (Å²) in [6.07, 6.45) is 1.92. The number of amides is 1. The fourth-order valence-corrected chi connectivity index (χ4v) is 4.11. The van der Waals surface area contributed by atoms with E-state index in [1.54, 1.807) is 0 Å². The molecule has 146 valence electrons. The monoisotopic (exact) mass is 388 g/mol. The maximum atomic E-state index is 13.3. The molecule has 0 saturated carbocycles. The molecule has 4 rings (SSSR count). The van der Waals surface area contributed by atoms with Crippen LogP contribution < -0.4 is 5.32 Å². The Morgan fingerprint density at radius 2 is 1.70 bits per heavy atom. The van der Waals surface area contributed by atoms with Gasteiger partial charge in [0.1, 0.15) is 0 Å². The second kappa shape index (κ2) is 7.28. The van der Waals surface area contributed by atoms with Gasteiger partial charge in [-0.1, -0.05) is 38.5 Å². The molecule has 1 aromatic heterocycles. The van der Waals surface area contributed by atoms with Crippen molar-refractivity contribution in [1.29, 1.82) is 0 Å². The summed E-state index contributed by atoms with van der Waals surface area (Å²) in [6, 6.07) is 8.25. The number of likely N-dealkylation sites (tertiary alicyclic amines) is 1. The Labute approximate surface area is 167 Å². The molecule has 0 aliphatic carbocycles. The van der Waals surface area contributed by atoms with Gasteiger partial charge in [-0.25, -0.2) is 4.68 Å². The summed E-state index contributed by atoms with van der Waals surface area (Å²) >= 11 is 0. The molecule has 2 saturated heterocycles. The van der Waals surface area contributed by atoms with Gasteiger partial charge in [0.05, 0.1) is 16.9 Å². The van der Waals surface area contributed by atoms with Gasteiger partial charge in [-0.15, -0.1) is 12.4 Å². The summed E-state index contributed by atoms with van der Waals surface area (Å²) in [5.74, 6) is 1.33. The lowest BCUT2D eigenvalue weighted by molar-refractivity contribution is 0.0779. The normalized spacial score (nSPS) is 21.9. The molecule has 0 radical (unpaired) electrons. The van der Waals surface area contributed by atoms with E-state index in [0.717, 1.165) is 43.1 Å². The van der Waals surface area contributed by atoms with Crippen molar-refractivity contribution in [3.8, 4) is 5.69 Å². The number of fused-ring (bicyclic) bond motifs is 1. The van der Waals surface area contributed by atoms with Crippen LogP contribution in [0.3, 0.4) is 0 Å². The quantitative estimate of drug-likeness (QED) is 0.859. The number of hydrogen-bond donors (Lipinski definition) is 1. The third kappa shape index (κ3) is 3.76. The van der Waals surface area contributed by atoms with Crippen molar-refractivity contribution in [2.75, 3.05) is 26.2 Å². The predicted octanol–water partition coefficient (Wildman–Crippen LogP) is 3.19. The van der Waals surface area contributed by atoms with Crippen molar-refractivity contribution in [3.63, 3.8) is 0 Å². The molecule has 2 aromatic rings. The molecule has 5 nitrogen and oxygen atoms in total. The Bertz CT molecular complexity index is 810. The SMILES string of the molecule is Cc1ccc(-n2cc(C(=O)N3C[C@H]4CNC[C@H]4C3)c(C(C)(C)C)n2)cc1.Cl. The van der Waals surface area contributed by atoms with E-state index in [0.29, 0.717) is 11.8 Å². The Hall–Kier alpha value is -1.85. The van der Waals surface area contributed by atoms with Crippen molar-refractivity contribution < 1.29 is 4.79 Å². The lowest BCUT2D eigenvalue weighted by atomic mass is 9.89. The van der Waals surface area contributed by atoms with E-state index in [9.17, 15) is 4.79 Å². The minimum absolute atomic E-state index is 0. The number of rotatable bonds is 2. The van der Waals surface area contributed by atoms with E-state index in [4.69, 9.17) is 5.10 Å². The minimum Gasteiger partial charge on any atom is -0.338 e. The first-order chi connectivity index (χ1) is 12.3. The zero-order chi connectivity index (χ0) is 18.5. The number of nitrogens with zero attached hydrogens (tertiary/aromatic N) is 3. The van der Waals surface area contributed by atoms with Crippen molar-refractivity contribution in [3.05, 3.63) is 47.3 Å². The molecule has 2 atom stereocenters. The molecular weight excluding hydrogens is 360 g/mol. The molecule has 1 amide bonds. The van der Waals surface area contributed by atoms with Crippen LogP contribution >= 0.6 is 12.4 Å². The smallest absolute Gasteiger partial charge is 0.257 e. The third-order valence-corrected chi connectivity index (χ3v) is 5.63. The van der Waals surface area contributed by atoms with Gasteiger partial charge in [0, 0.05) is 37.8 Å². The van der Waals surface area contributed by atoms with E-state index in [2.05, 4.69) is 57.3 Å². The van der Waals surface area contributed by atoms with Gasteiger partial charge in [-0.05, 0) is 30.9 Å². The number of carbonyl (C=O) groups is 1. The molecule has 2 aliphatic rings. The zero-order valence-corrected chi connectivity index (χ0v) is 17.3. The molecule has 3 heterocycles. The molecule has 27 heavy (non-hydrogen) atoms. The third-order valence-electron chi connectivity index (χ3n) is 5.63. The van der Waals surface area contributed by atoms with E-state index >= 15 is 0 Å². The van der Waals surface area contributed by atoms with Crippen LogP contribution in [0.5, 0.6) is 0 Å². The van der Waals surface area contributed by atoms with Crippen LogP contribution in [-0.4, -0.2) is 46.8 Å². The summed E-state index contributed by atoms with van der Waals surface area (Å²) in [6.45, 7) is 12.2. The summed E-state index contributed by atoms with van der Waals surface area (Å²) in [7, 11) is 0. The summed E-state index contributed by atoms with van der Waals surface area (Å²) in [4.78, 5) is 15.3. The van der Waals surface area contributed by atoms with Crippen LogP contribution in [0.1, 0.15) is 42.4 Å². The fraction of sp³-hybridized carbons (Fsp3) is 0.524. The number of nitrogens with one attached hydrogen (secondary N) is 1. The number of hydrogen-bond acceptors (Lipinski definition) is 3. The van der Waals surface area contributed by atoms with Crippen LogP contribution in [0, 0.1) is 18.8 Å². The lowest BCUT2D eigenvalue weighted by Gasteiger charge is -2.21. The predicted molar refractivity (Wildman–Crippen MR) is 110 cm³/mol. The van der Waals surface area contributed by atoms with Gasteiger partial charge in [-0.2, -0.15) is 5.10 Å². The number of aromatic nitrogens is 2. The van der Waals surface area contributed by atoms with Crippen molar-refractivity contribution >= 4 is 18.3 Å². The van der Waals surface area contributed by atoms with E-state index < -0.39 is 0 Å². The fourth-order valence-electron chi connectivity index (χ4n) is 4.11. The Morgan fingerprint density at radius 3 is 2.26 bits per heavy atom. The van der Waals surface area contributed by atoms with Gasteiger partial charge in [0.2, 0.25) is 0 Å². The highest BCUT2D eigenvalue weighted by Crippen LogP contribution is 2.31. The van der Waals surface area contributed by atoms with Gasteiger partial charge in [-0.3, -0.25) is 4.79 Å². The average Bonchev–Trinajstić information content (AvgIpc) is 3.28. The number of aryl methyl sites for hydroxylation is 1. The summed E-state index contributed by atoms with van der Waals surface area (Å²) in [5, 5.41) is 8.24. The highest BCUT2D eigenvalue weighted by Gasteiger charge is 2.39. The van der Waals surface area contributed by atoms with Crippen LogP contribution in [0.25, 0.3) is 5.69 Å². The maximum Gasteiger partial charge on any atom is 0.257 e. The summed E-state index contributed by atoms with van der Waals surface area (Å²) in [5.41, 5.74) is 3.63. The Balaban J connectivity index is 0.00000210. The lowest BCUT2D eigenvalue weighted by Crippen LogP contribution is -2.33. The first-order valence-corrected chi connectivity index (χ1v) is 9.50. The first kappa shape index (κ1) is 19.9. The van der Waals surface area contributed by atoms with E-state index in [-0.39, 0.29) is 23.7 Å². The highest BCUT2D eigenvalue weighted by molar-refractivity contribution is 5.95. The van der Waals surface area contributed by atoms with Gasteiger partial charge in [0.15, 0.2) is 0 Å². The summed E-state index contributed by atoms with van der Waals surface area (Å²) < 4.78 is 1.85. The molecule has 1 N–H and O–H groups in total. The van der Waals surface area contributed by atoms with Gasteiger partial charge < -0.3 is 10.2 Å². The second-order valence-corrected chi connectivity index (χ2v) is 8.81. The molecule has 6 heteroatoms. The molecular formula is C21H29ClN4O. The van der Waals surface area contributed by atoms with Gasteiger partial charge in [0.25, 0.3) is 5.91 Å². The van der Waals surface area contributed by atoms with E-state index in [1.807, 2.05) is 15.8 Å². The molecule has 0 bridgehead atoms. The Kier molecular flexibility index (Phi) is 5.37. The second-order valence-electron chi connectivity index (χ2n) is 8.81. The van der Waals surface area contributed by atoms with E-state index in [1.165, 1.54) is 5.56 Å². The Morgan fingerprint density at radius 1 is 1.11 bits per heavy atom. The van der Waals surface area contributed by atoms with Crippen molar-refractivity contribution in [2.24, 2.45) is 11.8 Å². The number of carbonyl (C=O) groups excluding carboxylic acids is 1. The van der Waals surface area contributed by atoms with Crippen molar-refractivity contribution in [2.45, 2.75) is 33.1 Å². The molecule has 0 unspecified atom stereocenters. The standard InChI is InChI=1S/C21H28N4O.ClH/c1-14-5-7-17(8-6-14)25-13-18(19(23-25)21(2,3)4)20(26)24-11-15-9-22-10-16(15)12-24;/h5-8,13,15-16,22H,9-12H2,1-4H3;1H/t15-,16+;. The maximum absolute atomic E-state index is 13.3. The number of benzene rings is 1. The molecule has 2 fully saturated rings. The van der Waals surface area contributed by atoms with Crippen molar-refractivity contribution in [1.82, 2.24) is 20.0 Å². The highest BCUT2D eigenvalue weighted by atomic mass is 35.5. The van der Waals surface area contributed by atoms with Gasteiger partial charge >= 0.3 is 0 Å². The van der Waals surface area contributed by atoms with Crippen LogP contribution in [-0.2, 0) is 5.41 Å².